The number of nitrogens with one attached hydrogen (secondary N) is 1. The normalized spacial score (nSPS) is 45.1. The van der Waals surface area contributed by atoms with Gasteiger partial charge in [-0.2, -0.15) is 0 Å². The maximum Gasteiger partial charge on any atom is 0.306 e. The predicted octanol–water partition coefficient (Wildman–Crippen LogP) is 0.860. The molecule has 1 unspecified atom stereocenters. The van der Waals surface area contributed by atoms with Gasteiger partial charge in [0.25, 0.3) is 0 Å². The Morgan fingerprint density at radius 3 is 2.33 bits per heavy atom. The maximum atomic E-state index is 12.6. The Kier molecular flexibility index (Phi) is 6.01. The summed E-state index contributed by atoms with van der Waals surface area (Å²) in [5, 5.41) is 33.3. The Hall–Kier alpha value is -1.22. The van der Waals surface area contributed by atoms with Crippen LogP contribution < -0.4 is 5.32 Å². The molecule has 1 aliphatic heterocycles. The van der Waals surface area contributed by atoms with Crippen molar-refractivity contribution in [1.29, 1.82) is 0 Å². The summed E-state index contributed by atoms with van der Waals surface area (Å²) in [4.78, 5) is 24.4. The first-order valence-electron chi connectivity index (χ1n) is 11.9. The van der Waals surface area contributed by atoms with Crippen molar-refractivity contribution in [3.05, 3.63) is 0 Å². The Morgan fingerprint density at radius 1 is 1.10 bits per heavy atom. The van der Waals surface area contributed by atoms with Gasteiger partial charge >= 0.3 is 5.97 Å². The Balaban J connectivity index is 1.26. The van der Waals surface area contributed by atoms with E-state index in [1.165, 1.54) is 19.3 Å². The zero-order valence-electron chi connectivity index (χ0n) is 18.4. The molecule has 1 saturated heterocycles. The molecule has 0 aromatic heterocycles. The Morgan fingerprint density at radius 2 is 1.73 bits per heavy atom. The molecule has 4 bridgehead atoms. The van der Waals surface area contributed by atoms with E-state index in [2.05, 4.69) is 5.32 Å². The van der Waals surface area contributed by atoms with Crippen molar-refractivity contribution in [2.75, 3.05) is 6.61 Å². The summed E-state index contributed by atoms with van der Waals surface area (Å²) < 4.78 is 17.8. The molecule has 30 heavy (non-hydrogen) atoms. The number of carbonyl (C=O) groups is 2. The van der Waals surface area contributed by atoms with E-state index in [1.54, 1.807) is 0 Å². The summed E-state index contributed by atoms with van der Waals surface area (Å²) in [5.41, 5.74) is 0.0469. The largest absolute Gasteiger partial charge is 0.463 e. The topological polar surface area (TPSA) is 125 Å². The molecule has 5 fully saturated rings. The molecule has 0 aromatic carbocycles. The summed E-state index contributed by atoms with van der Waals surface area (Å²) >= 11 is 0. The summed E-state index contributed by atoms with van der Waals surface area (Å²) in [7, 11) is 0. The lowest BCUT2D eigenvalue weighted by Gasteiger charge is -2.56. The lowest BCUT2D eigenvalue weighted by Crippen LogP contribution is -2.64. The van der Waals surface area contributed by atoms with Crippen LogP contribution in [0.1, 0.15) is 66.1 Å². The molecule has 5 aliphatic rings. The second-order valence-corrected chi connectivity index (χ2v) is 10.0. The van der Waals surface area contributed by atoms with Crippen LogP contribution in [-0.2, 0) is 19.1 Å². The van der Waals surface area contributed by atoms with E-state index in [0.29, 0.717) is 12.8 Å². The highest BCUT2D eigenvalue weighted by molar-refractivity contribution is 5.76. The fourth-order valence-electron chi connectivity index (χ4n) is 6.70. The number of hydrogen-bond donors (Lipinski definition) is 4. The highest BCUT2D eigenvalue weighted by Crippen LogP contribution is 2.61. The molecule has 170 valence electrons. The first kappa shape index (κ1) is 20.7. The van der Waals surface area contributed by atoms with Gasteiger partial charge in [0.1, 0.15) is 31.0 Å². The zero-order chi connectivity index (χ0) is 22.2. The van der Waals surface area contributed by atoms with E-state index in [1.807, 2.05) is 0 Å². The van der Waals surface area contributed by atoms with E-state index < -0.39 is 36.6 Å². The number of esters is 1. The van der Waals surface area contributed by atoms with E-state index in [9.17, 15) is 24.9 Å². The third-order valence-electron chi connectivity index (χ3n) is 7.54. The van der Waals surface area contributed by atoms with Crippen LogP contribution in [0.5, 0.6) is 0 Å². The van der Waals surface area contributed by atoms with Crippen molar-refractivity contribution in [2.24, 2.45) is 23.2 Å². The van der Waals surface area contributed by atoms with Crippen LogP contribution in [-0.4, -0.2) is 64.4 Å². The van der Waals surface area contributed by atoms with Crippen molar-refractivity contribution < 1.29 is 35.8 Å². The van der Waals surface area contributed by atoms with Crippen LogP contribution in [0.4, 0.5) is 0 Å². The molecule has 4 saturated carbocycles. The molecule has 0 radical (unpaired) electrons. The molecule has 0 aromatic rings. The molecule has 0 spiro atoms. The standard InChI is InChI=1S/C22H35NO7/c1-2-3-16(24)23-18-20(27)19(26)15(30-21(18)28)11-29-17(25)10-22-7-12-4-13(8-22)6-14(5-12)9-22/h12-15,18-21,26-28H,2-11H2,1H3,(H,23,24)/t12?,13?,14?,15-,18-,19-,20-,21?,22?/m1/s1/i1D. The van der Waals surface area contributed by atoms with Gasteiger partial charge in [0.05, 0.1) is 6.42 Å². The third kappa shape index (κ3) is 4.52. The lowest BCUT2D eigenvalue weighted by molar-refractivity contribution is -0.256. The summed E-state index contributed by atoms with van der Waals surface area (Å²) in [6, 6.07) is -1.19. The van der Waals surface area contributed by atoms with Crippen molar-refractivity contribution in [3.8, 4) is 0 Å². The number of rotatable bonds is 7. The van der Waals surface area contributed by atoms with E-state index in [-0.39, 0.29) is 31.3 Å². The highest BCUT2D eigenvalue weighted by atomic mass is 16.6. The molecule has 1 amide bonds. The lowest BCUT2D eigenvalue weighted by atomic mass is 9.49. The van der Waals surface area contributed by atoms with Crippen molar-refractivity contribution in [1.82, 2.24) is 5.32 Å². The predicted molar refractivity (Wildman–Crippen MR) is 106 cm³/mol. The average molecular weight is 427 g/mol. The summed E-state index contributed by atoms with van der Waals surface area (Å²) in [6.45, 7) is -0.168. The van der Waals surface area contributed by atoms with Crippen LogP contribution in [0.2, 0.25) is 0 Å². The quantitative estimate of drug-likeness (QED) is 0.445. The Bertz CT molecular complexity index is 639. The fourth-order valence-corrected chi connectivity index (χ4v) is 6.70. The minimum absolute atomic E-state index is 0.0469. The van der Waals surface area contributed by atoms with Crippen LogP contribution >= 0.6 is 0 Å². The number of hydrogen-bond acceptors (Lipinski definition) is 7. The van der Waals surface area contributed by atoms with Gasteiger partial charge in [0, 0.05) is 7.79 Å². The SMILES string of the molecule is [2H]CCCC(=O)N[C@H]1C(O)O[C@H](COC(=O)CC23CC4CC(CC(C4)C2)C3)[C@@H](O)[C@@H]1O. The van der Waals surface area contributed by atoms with E-state index in [4.69, 9.17) is 10.8 Å². The molecular weight excluding hydrogens is 390 g/mol. The van der Waals surface area contributed by atoms with Crippen LogP contribution in [0.25, 0.3) is 0 Å². The van der Waals surface area contributed by atoms with Gasteiger partial charge in [-0.1, -0.05) is 6.90 Å². The molecular formula is C22H35NO7. The van der Waals surface area contributed by atoms with Gasteiger partial charge < -0.3 is 30.1 Å². The minimum atomic E-state index is -1.54. The van der Waals surface area contributed by atoms with E-state index in [0.717, 1.165) is 37.0 Å². The third-order valence-corrected chi connectivity index (χ3v) is 7.54. The molecule has 8 nitrogen and oxygen atoms in total. The second-order valence-electron chi connectivity index (χ2n) is 10.0. The van der Waals surface area contributed by atoms with E-state index >= 15 is 0 Å². The highest BCUT2D eigenvalue weighted by Gasteiger charge is 2.52. The minimum Gasteiger partial charge on any atom is -0.463 e. The van der Waals surface area contributed by atoms with Crippen LogP contribution in [0.3, 0.4) is 0 Å². The Labute approximate surface area is 178 Å². The molecule has 8 heteroatoms. The van der Waals surface area contributed by atoms with Crippen LogP contribution in [0, 0.1) is 23.2 Å². The van der Waals surface area contributed by atoms with Crippen molar-refractivity contribution in [3.63, 3.8) is 0 Å². The van der Waals surface area contributed by atoms with Crippen molar-refractivity contribution in [2.45, 2.75) is 95.3 Å². The molecule has 5 atom stereocenters. The van der Waals surface area contributed by atoms with Gasteiger partial charge in [-0.25, -0.2) is 0 Å². The van der Waals surface area contributed by atoms with Gasteiger partial charge in [-0.15, -0.1) is 0 Å². The second kappa shape index (κ2) is 8.73. The average Bonchev–Trinajstić information content (AvgIpc) is 2.70. The molecule has 5 rings (SSSR count). The maximum absolute atomic E-state index is 12.6. The molecule has 4 N–H and O–H groups in total. The number of aliphatic hydroxyl groups is 3. The zero-order valence-corrected chi connectivity index (χ0v) is 17.4. The summed E-state index contributed by atoms with van der Waals surface area (Å²) in [5.74, 6) is 1.45. The smallest absolute Gasteiger partial charge is 0.306 e. The number of carbonyl (C=O) groups excluding carboxylic acids is 2. The van der Waals surface area contributed by atoms with Crippen LogP contribution in [0.15, 0.2) is 0 Å². The van der Waals surface area contributed by atoms with Gasteiger partial charge in [-0.3, -0.25) is 9.59 Å². The first-order valence-corrected chi connectivity index (χ1v) is 11.2. The number of aliphatic hydroxyl groups excluding tert-OH is 3. The van der Waals surface area contributed by atoms with Gasteiger partial charge in [-0.05, 0) is 68.1 Å². The number of amides is 1. The van der Waals surface area contributed by atoms with Crippen molar-refractivity contribution >= 4 is 11.9 Å². The molecule has 1 heterocycles. The first-order chi connectivity index (χ1) is 14.8. The number of ether oxygens (including phenoxy) is 2. The van der Waals surface area contributed by atoms with Gasteiger partial charge in [0.15, 0.2) is 6.29 Å². The molecule has 4 aliphatic carbocycles. The summed E-state index contributed by atoms with van der Waals surface area (Å²) in [6.07, 6.45) is 2.49. The fraction of sp³-hybridized carbons (Fsp3) is 0.909. The monoisotopic (exact) mass is 426 g/mol. The van der Waals surface area contributed by atoms with Gasteiger partial charge in [0.2, 0.25) is 5.91 Å².